The molecule has 0 radical (unpaired) electrons. The lowest BCUT2D eigenvalue weighted by atomic mass is 10.1. The van der Waals surface area contributed by atoms with Gasteiger partial charge in [-0.15, -0.1) is 5.28 Å². The Hall–Kier alpha value is 0.749. The van der Waals surface area contributed by atoms with Gasteiger partial charge in [0.05, 0.1) is 0 Å². The normalized spacial score (nSPS) is 10.3. The maximum Gasteiger partial charge on any atom is 0.217 e. The zero-order valence-corrected chi connectivity index (χ0v) is 11.8. The molecule has 2 heteroatoms. The summed E-state index contributed by atoms with van der Waals surface area (Å²) < 4.78 is 0. The molecule has 0 bridgehead atoms. The summed E-state index contributed by atoms with van der Waals surface area (Å²) in [5.74, 6) is 0. The highest BCUT2D eigenvalue weighted by atomic mass is 28.7. The second-order valence-electron chi connectivity index (χ2n) is 3.47. The van der Waals surface area contributed by atoms with Crippen molar-refractivity contribution in [1.82, 2.24) is 0 Å². The molecule has 0 saturated carbocycles. The highest BCUT2D eigenvalue weighted by Crippen LogP contribution is 2.07. The maximum absolute atomic E-state index is 2.29. The quantitative estimate of drug-likeness (QED) is 0.401. The van der Waals surface area contributed by atoms with E-state index in [1.807, 2.05) is 0 Å². The minimum Gasteiger partial charge on any atom is -0.101 e. The van der Waals surface area contributed by atoms with Crippen LogP contribution in [0.25, 0.3) is 0 Å². The smallest absolute Gasteiger partial charge is 0.101 e. The first-order valence-corrected chi connectivity index (χ1v) is 12.1. The van der Waals surface area contributed by atoms with E-state index in [4.69, 9.17) is 0 Å². The third-order valence-electron chi connectivity index (χ3n) is 2.21. The monoisotopic (exact) mass is 186 g/mol. The Morgan fingerprint density at radius 2 is 1.45 bits per heavy atom. The van der Waals surface area contributed by atoms with E-state index < -0.39 is 0 Å². The first-order valence-electron chi connectivity index (χ1n) is 5.41. The van der Waals surface area contributed by atoms with Gasteiger partial charge < -0.3 is 0 Å². The zero-order valence-electron chi connectivity index (χ0n) is 8.36. The molecule has 0 rings (SSSR count). The average Bonchev–Trinajstić information content (AvgIpc) is 2.03. The van der Waals surface area contributed by atoms with Crippen LogP contribution in [0.1, 0.15) is 51.9 Å². The van der Waals surface area contributed by atoms with Gasteiger partial charge in [-0.2, -0.15) is 0 Å². The fourth-order valence-corrected chi connectivity index (χ4v) is 3.74. The third-order valence-corrected chi connectivity index (χ3v) is 5.54. The standard InChI is InChI=1S/C9H19.Al.H3Si.H/c1-3-5-7-9-8-6-4-2;;;/h1,3-9H2,2H3;;1H3;. The number of unbranched alkanes of at least 4 members (excludes halogenated alkanes) is 6. The minimum absolute atomic E-state index is 0.509. The van der Waals surface area contributed by atoms with Crippen molar-refractivity contribution in [1.29, 1.82) is 0 Å². The van der Waals surface area contributed by atoms with Crippen LogP contribution in [-0.4, -0.2) is 23.4 Å². The van der Waals surface area contributed by atoms with E-state index in [-0.39, 0.29) is 0 Å². The van der Waals surface area contributed by atoms with Crippen molar-refractivity contribution < 1.29 is 0 Å². The minimum atomic E-state index is 0.509. The highest BCUT2D eigenvalue weighted by molar-refractivity contribution is 6.89. The lowest BCUT2D eigenvalue weighted by Gasteiger charge is -1.98. The largest absolute Gasteiger partial charge is 0.217 e. The van der Waals surface area contributed by atoms with Crippen LogP contribution >= 0.6 is 0 Å². The lowest BCUT2D eigenvalue weighted by molar-refractivity contribution is 0.602. The molecular weight excluding hydrogens is 163 g/mol. The van der Waals surface area contributed by atoms with Gasteiger partial charge in [-0.1, -0.05) is 51.9 Å². The van der Waals surface area contributed by atoms with Crippen LogP contribution in [0.3, 0.4) is 0 Å². The molecule has 0 aromatic rings. The number of hydrogen-bond acceptors (Lipinski definition) is 0. The molecule has 0 spiro atoms. The molecule has 0 unspecified atom stereocenters. The molecule has 0 aliphatic rings. The van der Waals surface area contributed by atoms with Crippen LogP contribution in [-0.2, 0) is 0 Å². The van der Waals surface area contributed by atoms with E-state index >= 15 is 0 Å². The van der Waals surface area contributed by atoms with E-state index in [0.29, 0.717) is 14.6 Å². The van der Waals surface area contributed by atoms with Crippen LogP contribution < -0.4 is 0 Å². The summed E-state index contributed by atoms with van der Waals surface area (Å²) in [4.78, 5) is 0. The summed E-state index contributed by atoms with van der Waals surface area (Å²) in [6, 6.07) is 0. The predicted octanol–water partition coefficient (Wildman–Crippen LogP) is 1.87. The maximum atomic E-state index is 2.29. The van der Waals surface area contributed by atoms with Gasteiger partial charge in [0.15, 0.2) is 0 Å². The van der Waals surface area contributed by atoms with Crippen LogP contribution in [0, 0.1) is 0 Å². The zero-order chi connectivity index (χ0) is 8.36. The summed E-state index contributed by atoms with van der Waals surface area (Å²) in [5.41, 5.74) is 0. The van der Waals surface area contributed by atoms with Gasteiger partial charge >= 0.3 is 0 Å². The molecule has 0 aliphatic heterocycles. The van der Waals surface area contributed by atoms with Gasteiger partial charge in [-0.25, -0.2) is 0 Å². The van der Waals surface area contributed by atoms with Crippen LogP contribution in [0.5, 0.6) is 0 Å². The summed E-state index contributed by atoms with van der Waals surface area (Å²) in [6.07, 6.45) is 10.4. The third kappa shape index (κ3) is 10.7. The second kappa shape index (κ2) is 10.7. The van der Waals surface area contributed by atoms with Crippen LogP contribution in [0.15, 0.2) is 0 Å². The lowest BCUT2D eigenvalue weighted by Crippen LogP contribution is -1.87. The first-order chi connectivity index (χ1) is 5.41. The van der Waals surface area contributed by atoms with E-state index in [1.165, 1.54) is 38.5 Å². The Balaban J connectivity index is 2.69. The van der Waals surface area contributed by atoms with Crippen molar-refractivity contribution >= 4 is 23.4 Å². The molecule has 0 aromatic heterocycles. The molecule has 0 amide bonds. The topological polar surface area (TPSA) is 0 Å². The molecule has 0 nitrogen and oxygen atoms in total. The van der Waals surface area contributed by atoms with Gasteiger partial charge in [0.2, 0.25) is 14.6 Å². The summed E-state index contributed by atoms with van der Waals surface area (Å²) in [6.45, 7) is 2.29. The van der Waals surface area contributed by atoms with E-state index in [1.54, 1.807) is 20.5 Å². The Morgan fingerprint density at radius 1 is 0.909 bits per heavy atom. The van der Waals surface area contributed by atoms with Gasteiger partial charge in [0, 0.05) is 0 Å². The van der Waals surface area contributed by atoms with Crippen LogP contribution in [0.2, 0.25) is 5.28 Å². The Kier molecular flexibility index (Phi) is 11.5. The average molecular weight is 186 g/mol. The fraction of sp³-hybridized carbons (Fsp3) is 1.00. The number of hydrogen-bond donors (Lipinski definition) is 0. The van der Waals surface area contributed by atoms with Crippen molar-refractivity contribution in [2.75, 3.05) is 0 Å². The van der Waals surface area contributed by atoms with Crippen molar-refractivity contribution in [2.45, 2.75) is 57.2 Å². The SMILES string of the molecule is CCCCCCCC[CH2][AlH][SiH3]. The van der Waals surface area contributed by atoms with Gasteiger partial charge in [0.25, 0.3) is 0 Å². The van der Waals surface area contributed by atoms with Gasteiger partial charge in [-0.05, 0) is 8.80 Å². The molecule has 0 atom stereocenters. The molecule has 0 aliphatic carbocycles. The Bertz CT molecular complexity index is 58.6. The molecule has 0 heterocycles. The first kappa shape index (κ1) is 11.7. The molecule has 66 valence electrons. The molecular formula is C9H23AlSi. The molecule has 11 heavy (non-hydrogen) atoms. The fourth-order valence-electron chi connectivity index (χ4n) is 1.38. The van der Waals surface area contributed by atoms with Crippen molar-refractivity contribution in [3.8, 4) is 0 Å². The van der Waals surface area contributed by atoms with E-state index in [0.717, 1.165) is 0 Å². The molecule has 0 N–H and O–H groups in total. The van der Waals surface area contributed by atoms with Gasteiger partial charge in [0.1, 0.15) is 0 Å². The summed E-state index contributed by atoms with van der Waals surface area (Å²) in [7, 11) is 1.55. The predicted molar refractivity (Wildman–Crippen MR) is 59.9 cm³/mol. The summed E-state index contributed by atoms with van der Waals surface area (Å²) in [5, 5.41) is 1.64. The van der Waals surface area contributed by atoms with E-state index in [2.05, 4.69) is 6.92 Å². The Labute approximate surface area is 80.7 Å². The molecule has 0 fully saturated rings. The van der Waals surface area contributed by atoms with Crippen molar-refractivity contribution in [2.24, 2.45) is 0 Å². The van der Waals surface area contributed by atoms with Crippen molar-refractivity contribution in [3.63, 3.8) is 0 Å². The molecule has 0 saturated heterocycles. The van der Waals surface area contributed by atoms with Gasteiger partial charge in [-0.3, -0.25) is 0 Å². The van der Waals surface area contributed by atoms with Crippen LogP contribution in [0.4, 0.5) is 0 Å². The summed E-state index contributed by atoms with van der Waals surface area (Å²) >= 11 is 0.509. The highest BCUT2D eigenvalue weighted by Gasteiger charge is 1.89. The second-order valence-corrected chi connectivity index (χ2v) is 8.18. The Morgan fingerprint density at radius 3 is 2.00 bits per heavy atom. The molecule has 0 aromatic carbocycles. The number of rotatable bonds is 8. The van der Waals surface area contributed by atoms with E-state index in [9.17, 15) is 0 Å². The van der Waals surface area contributed by atoms with Crippen molar-refractivity contribution in [3.05, 3.63) is 0 Å².